The SMILES string of the molecule is C=CCN1CNc2c(c(=O)[nH]c(=S)n2-c2cccc(C)c2C)C1. The lowest BCUT2D eigenvalue weighted by Gasteiger charge is -2.30. The van der Waals surface area contributed by atoms with Gasteiger partial charge in [-0.1, -0.05) is 18.2 Å². The van der Waals surface area contributed by atoms with Crippen LogP contribution in [0.25, 0.3) is 5.69 Å². The van der Waals surface area contributed by atoms with Crippen LogP contribution in [0.3, 0.4) is 0 Å². The molecule has 0 saturated carbocycles. The number of rotatable bonds is 3. The Hall–Kier alpha value is -2.18. The number of nitrogens with one attached hydrogen (secondary N) is 2. The Labute approximate surface area is 140 Å². The molecule has 23 heavy (non-hydrogen) atoms. The lowest BCUT2D eigenvalue weighted by molar-refractivity contribution is 0.302. The molecule has 1 aliphatic heterocycles. The molecule has 0 bridgehead atoms. The number of aryl methyl sites for hydroxylation is 1. The number of fused-ring (bicyclic) bond motifs is 1. The van der Waals surface area contributed by atoms with Crippen molar-refractivity contribution in [3.05, 3.63) is 62.7 Å². The van der Waals surface area contributed by atoms with Crippen molar-refractivity contribution in [2.24, 2.45) is 0 Å². The van der Waals surface area contributed by atoms with Crippen LogP contribution in [0.2, 0.25) is 0 Å². The van der Waals surface area contributed by atoms with Crippen LogP contribution in [0.4, 0.5) is 5.82 Å². The highest BCUT2D eigenvalue weighted by molar-refractivity contribution is 7.71. The molecule has 2 N–H and O–H groups in total. The summed E-state index contributed by atoms with van der Waals surface area (Å²) in [6, 6.07) is 6.10. The van der Waals surface area contributed by atoms with Gasteiger partial charge in [0, 0.05) is 13.1 Å². The van der Waals surface area contributed by atoms with E-state index >= 15 is 0 Å². The Bertz CT molecular complexity index is 881. The monoisotopic (exact) mass is 328 g/mol. The van der Waals surface area contributed by atoms with E-state index in [2.05, 4.69) is 41.7 Å². The summed E-state index contributed by atoms with van der Waals surface area (Å²) in [6.07, 6.45) is 1.83. The Morgan fingerprint density at radius 1 is 1.39 bits per heavy atom. The number of benzene rings is 1. The molecule has 1 aromatic heterocycles. The maximum Gasteiger partial charge on any atom is 0.258 e. The van der Waals surface area contributed by atoms with Gasteiger partial charge in [-0.3, -0.25) is 19.2 Å². The summed E-state index contributed by atoms with van der Waals surface area (Å²) >= 11 is 5.43. The van der Waals surface area contributed by atoms with Crippen LogP contribution in [-0.2, 0) is 6.54 Å². The fourth-order valence-corrected chi connectivity index (χ4v) is 3.17. The number of aromatic amines is 1. The number of anilines is 1. The molecule has 0 fully saturated rings. The number of H-pyrrole nitrogens is 1. The van der Waals surface area contributed by atoms with E-state index in [1.165, 1.54) is 5.56 Å². The summed E-state index contributed by atoms with van der Waals surface area (Å²) in [5.41, 5.74) is 3.90. The minimum Gasteiger partial charge on any atom is -0.358 e. The molecule has 0 amide bonds. The van der Waals surface area contributed by atoms with E-state index in [-0.39, 0.29) is 5.56 Å². The zero-order valence-corrected chi connectivity index (χ0v) is 14.2. The first-order chi connectivity index (χ1) is 11.0. The first-order valence-corrected chi connectivity index (χ1v) is 7.95. The minimum atomic E-state index is -0.132. The van der Waals surface area contributed by atoms with Gasteiger partial charge in [-0.05, 0) is 43.3 Å². The second-order valence-electron chi connectivity index (χ2n) is 5.78. The van der Waals surface area contributed by atoms with Crippen LogP contribution in [0.5, 0.6) is 0 Å². The van der Waals surface area contributed by atoms with E-state index in [4.69, 9.17) is 12.2 Å². The fourth-order valence-electron chi connectivity index (χ4n) is 2.89. The van der Waals surface area contributed by atoms with Gasteiger partial charge in [0.15, 0.2) is 4.77 Å². The zero-order valence-electron chi connectivity index (χ0n) is 13.3. The number of hydrogen-bond acceptors (Lipinski definition) is 4. The summed E-state index contributed by atoms with van der Waals surface area (Å²) in [7, 11) is 0. The lowest BCUT2D eigenvalue weighted by Crippen LogP contribution is -2.39. The first kappa shape index (κ1) is 15.7. The third-order valence-corrected chi connectivity index (χ3v) is 4.55. The number of hydrogen-bond donors (Lipinski definition) is 2. The van der Waals surface area contributed by atoms with E-state index in [1.54, 1.807) is 0 Å². The Morgan fingerprint density at radius 3 is 2.91 bits per heavy atom. The predicted octanol–water partition coefficient (Wildman–Crippen LogP) is 2.88. The summed E-state index contributed by atoms with van der Waals surface area (Å²) in [4.78, 5) is 17.3. The molecule has 1 aliphatic rings. The van der Waals surface area contributed by atoms with E-state index in [9.17, 15) is 4.79 Å². The quantitative estimate of drug-likeness (QED) is 0.672. The highest BCUT2D eigenvalue weighted by Gasteiger charge is 2.22. The van der Waals surface area contributed by atoms with Gasteiger partial charge in [0.05, 0.1) is 17.9 Å². The summed E-state index contributed by atoms with van der Waals surface area (Å²) in [5, 5.41) is 3.35. The van der Waals surface area contributed by atoms with Crippen molar-refractivity contribution in [2.45, 2.75) is 20.4 Å². The zero-order chi connectivity index (χ0) is 16.6. The molecule has 0 saturated heterocycles. The van der Waals surface area contributed by atoms with Crippen LogP contribution in [-0.4, -0.2) is 27.7 Å². The molecular weight excluding hydrogens is 308 g/mol. The molecule has 0 atom stereocenters. The molecule has 0 radical (unpaired) electrons. The molecule has 0 spiro atoms. The summed E-state index contributed by atoms with van der Waals surface area (Å²) in [6.45, 7) is 9.85. The van der Waals surface area contributed by atoms with Gasteiger partial charge in [0.25, 0.3) is 5.56 Å². The number of aromatic nitrogens is 2. The highest BCUT2D eigenvalue weighted by Crippen LogP contribution is 2.26. The number of nitrogens with zero attached hydrogens (tertiary/aromatic N) is 2. The summed E-state index contributed by atoms with van der Waals surface area (Å²) in [5.74, 6) is 0.785. The standard InChI is InChI=1S/C17H20N4OS/c1-4-8-20-9-13-15(18-10-20)21(17(23)19-16(13)22)14-7-5-6-11(2)12(14)3/h4-7,18H,1,8-10H2,2-3H3,(H,19,22,23). The lowest BCUT2D eigenvalue weighted by atomic mass is 10.1. The van der Waals surface area contributed by atoms with Gasteiger partial charge in [-0.25, -0.2) is 0 Å². The van der Waals surface area contributed by atoms with Crippen molar-refractivity contribution in [3.8, 4) is 5.69 Å². The molecule has 3 rings (SSSR count). The van der Waals surface area contributed by atoms with Crippen molar-refractivity contribution in [3.63, 3.8) is 0 Å². The highest BCUT2D eigenvalue weighted by atomic mass is 32.1. The van der Waals surface area contributed by atoms with Crippen LogP contribution in [0.15, 0.2) is 35.6 Å². The van der Waals surface area contributed by atoms with E-state index in [1.807, 2.05) is 22.8 Å². The van der Waals surface area contributed by atoms with E-state index in [0.717, 1.165) is 23.6 Å². The molecule has 2 aromatic rings. The van der Waals surface area contributed by atoms with Gasteiger partial charge in [0.1, 0.15) is 5.82 Å². The van der Waals surface area contributed by atoms with Crippen LogP contribution >= 0.6 is 12.2 Å². The van der Waals surface area contributed by atoms with Gasteiger partial charge >= 0.3 is 0 Å². The molecule has 0 unspecified atom stereocenters. The van der Waals surface area contributed by atoms with Gasteiger partial charge in [0.2, 0.25) is 0 Å². The molecular formula is C17H20N4OS. The molecule has 5 nitrogen and oxygen atoms in total. The maximum absolute atomic E-state index is 12.3. The largest absolute Gasteiger partial charge is 0.358 e. The molecule has 0 aliphatic carbocycles. The first-order valence-electron chi connectivity index (χ1n) is 7.55. The Morgan fingerprint density at radius 2 is 2.17 bits per heavy atom. The third-order valence-electron chi connectivity index (χ3n) is 4.26. The second-order valence-corrected chi connectivity index (χ2v) is 6.16. The van der Waals surface area contributed by atoms with Crippen LogP contribution in [0, 0.1) is 18.6 Å². The van der Waals surface area contributed by atoms with Gasteiger partial charge < -0.3 is 5.32 Å². The summed E-state index contributed by atoms with van der Waals surface area (Å²) < 4.78 is 2.34. The average Bonchev–Trinajstić information content (AvgIpc) is 2.52. The maximum atomic E-state index is 12.3. The van der Waals surface area contributed by atoms with Crippen molar-refractivity contribution >= 4 is 18.0 Å². The van der Waals surface area contributed by atoms with Crippen molar-refractivity contribution in [1.29, 1.82) is 0 Å². The molecule has 2 heterocycles. The smallest absolute Gasteiger partial charge is 0.258 e. The second kappa shape index (κ2) is 6.14. The topological polar surface area (TPSA) is 53.1 Å². The fraction of sp³-hybridized carbons (Fsp3) is 0.294. The predicted molar refractivity (Wildman–Crippen MR) is 95.8 cm³/mol. The van der Waals surface area contributed by atoms with Crippen molar-refractivity contribution in [1.82, 2.24) is 14.5 Å². The van der Waals surface area contributed by atoms with E-state index < -0.39 is 0 Å². The van der Waals surface area contributed by atoms with Crippen LogP contribution < -0.4 is 10.9 Å². The molecule has 6 heteroatoms. The van der Waals surface area contributed by atoms with Crippen LogP contribution in [0.1, 0.15) is 16.7 Å². The Balaban J connectivity index is 2.22. The minimum absolute atomic E-state index is 0.132. The van der Waals surface area contributed by atoms with Gasteiger partial charge in [-0.15, -0.1) is 6.58 Å². The average molecular weight is 328 g/mol. The van der Waals surface area contributed by atoms with Crippen molar-refractivity contribution < 1.29 is 0 Å². The van der Waals surface area contributed by atoms with E-state index in [0.29, 0.717) is 23.5 Å². The normalized spacial score (nSPS) is 14.2. The third kappa shape index (κ3) is 2.75. The van der Waals surface area contributed by atoms with Gasteiger partial charge in [-0.2, -0.15) is 0 Å². The molecule has 1 aromatic carbocycles. The Kier molecular flexibility index (Phi) is 4.19. The molecule has 120 valence electrons. The van der Waals surface area contributed by atoms with Crippen molar-refractivity contribution in [2.75, 3.05) is 18.5 Å².